The van der Waals surface area contributed by atoms with Crippen LogP contribution in [0.1, 0.15) is 32.6 Å². The van der Waals surface area contributed by atoms with Gasteiger partial charge >= 0.3 is 0 Å². The Morgan fingerprint density at radius 1 is 1.27 bits per heavy atom. The summed E-state index contributed by atoms with van der Waals surface area (Å²) in [6.45, 7) is 2.94. The molecule has 0 unspecified atom stereocenters. The van der Waals surface area contributed by atoms with E-state index in [-0.39, 0.29) is 0 Å². The predicted molar refractivity (Wildman–Crippen MR) is 46.7 cm³/mol. The first-order chi connectivity index (χ1) is 5.36. The first kappa shape index (κ1) is 9.01. The fraction of sp³-hybridized carbons (Fsp3) is 1.00. The number of nitrogens with one attached hydrogen (secondary N) is 1. The maximum atomic E-state index is 5.55. The summed E-state index contributed by atoms with van der Waals surface area (Å²) in [5.74, 6) is 0. The molecule has 0 radical (unpaired) electrons. The fourth-order valence-corrected chi connectivity index (χ4v) is 1.75. The number of hydrogen-bond acceptors (Lipinski definition) is 2. The number of rotatable bonds is 3. The fourth-order valence-electron chi connectivity index (χ4n) is 1.75. The molecule has 1 rings (SSSR count). The van der Waals surface area contributed by atoms with E-state index >= 15 is 0 Å². The molecule has 2 heteroatoms. The Labute approximate surface area is 69.3 Å². The zero-order chi connectivity index (χ0) is 8.10. The zero-order valence-electron chi connectivity index (χ0n) is 7.60. The minimum absolute atomic E-state index is 0.546. The van der Waals surface area contributed by atoms with E-state index in [9.17, 15) is 0 Å². The molecule has 0 atom stereocenters. The summed E-state index contributed by atoms with van der Waals surface area (Å²) in [7, 11) is 2.05. The third kappa shape index (κ3) is 2.80. The van der Waals surface area contributed by atoms with Crippen LogP contribution in [0.15, 0.2) is 0 Å². The first-order valence-electron chi connectivity index (χ1n) is 4.65. The van der Waals surface area contributed by atoms with Crippen molar-refractivity contribution in [2.75, 3.05) is 13.7 Å². The van der Waals surface area contributed by atoms with Crippen molar-refractivity contribution in [2.24, 2.45) is 0 Å². The normalized spacial score (nSPS) is 32.2. The highest BCUT2D eigenvalue weighted by molar-refractivity contribution is 4.75. The average molecular weight is 157 g/mol. The molecular formula is C9H19NO. The lowest BCUT2D eigenvalue weighted by atomic mass is 9.93. The second-order valence-corrected chi connectivity index (χ2v) is 3.22. The number of ether oxygens (including phenoxy) is 1. The second kappa shape index (κ2) is 4.73. The molecule has 1 saturated carbocycles. The van der Waals surface area contributed by atoms with E-state index in [0.717, 1.165) is 12.6 Å². The van der Waals surface area contributed by atoms with Crippen LogP contribution in [0.3, 0.4) is 0 Å². The molecule has 2 nitrogen and oxygen atoms in total. The van der Waals surface area contributed by atoms with Gasteiger partial charge in [0.2, 0.25) is 0 Å². The van der Waals surface area contributed by atoms with Gasteiger partial charge in [-0.05, 0) is 39.7 Å². The maximum Gasteiger partial charge on any atom is 0.0576 e. The average Bonchev–Trinajstić information content (AvgIpc) is 2.07. The third-order valence-electron chi connectivity index (χ3n) is 2.48. The zero-order valence-corrected chi connectivity index (χ0v) is 7.60. The van der Waals surface area contributed by atoms with E-state index in [4.69, 9.17) is 4.74 Å². The van der Waals surface area contributed by atoms with Gasteiger partial charge in [-0.1, -0.05) is 0 Å². The molecule has 1 aliphatic carbocycles. The molecule has 66 valence electrons. The molecule has 0 aromatic rings. The van der Waals surface area contributed by atoms with Gasteiger partial charge in [0.25, 0.3) is 0 Å². The van der Waals surface area contributed by atoms with Gasteiger partial charge in [-0.25, -0.2) is 0 Å². The summed E-state index contributed by atoms with van der Waals surface area (Å²) < 4.78 is 5.55. The van der Waals surface area contributed by atoms with Crippen molar-refractivity contribution < 1.29 is 4.74 Å². The highest BCUT2D eigenvalue weighted by Crippen LogP contribution is 2.20. The van der Waals surface area contributed by atoms with Crippen LogP contribution in [0.5, 0.6) is 0 Å². The summed E-state index contributed by atoms with van der Waals surface area (Å²) >= 11 is 0. The topological polar surface area (TPSA) is 21.3 Å². The molecule has 1 aliphatic rings. The highest BCUT2D eigenvalue weighted by Gasteiger charge is 2.19. The molecule has 0 saturated heterocycles. The van der Waals surface area contributed by atoms with Crippen molar-refractivity contribution >= 4 is 0 Å². The van der Waals surface area contributed by atoms with Crippen molar-refractivity contribution in [3.63, 3.8) is 0 Å². The molecule has 0 spiro atoms. The molecule has 0 aromatic heterocycles. The molecule has 0 bridgehead atoms. The van der Waals surface area contributed by atoms with Gasteiger partial charge in [-0.2, -0.15) is 0 Å². The van der Waals surface area contributed by atoms with Crippen LogP contribution in [-0.4, -0.2) is 25.8 Å². The summed E-state index contributed by atoms with van der Waals surface area (Å²) in [4.78, 5) is 0. The Balaban J connectivity index is 2.14. The summed E-state index contributed by atoms with van der Waals surface area (Å²) in [6, 6.07) is 0.742. The Morgan fingerprint density at radius 3 is 2.36 bits per heavy atom. The van der Waals surface area contributed by atoms with Gasteiger partial charge < -0.3 is 10.1 Å². The Hall–Kier alpha value is -0.0800. The van der Waals surface area contributed by atoms with Gasteiger partial charge in [0, 0.05) is 12.6 Å². The van der Waals surface area contributed by atoms with Crippen molar-refractivity contribution in [3.05, 3.63) is 0 Å². The quantitative estimate of drug-likeness (QED) is 0.671. The van der Waals surface area contributed by atoms with Crippen molar-refractivity contribution in [1.29, 1.82) is 0 Å². The molecule has 0 amide bonds. The monoisotopic (exact) mass is 157 g/mol. The summed E-state index contributed by atoms with van der Waals surface area (Å²) in [5, 5.41) is 3.31. The lowest BCUT2D eigenvalue weighted by Gasteiger charge is -2.27. The predicted octanol–water partition coefficient (Wildman–Crippen LogP) is 1.55. The van der Waals surface area contributed by atoms with Crippen molar-refractivity contribution in [1.82, 2.24) is 5.32 Å². The van der Waals surface area contributed by atoms with Crippen LogP contribution < -0.4 is 5.32 Å². The van der Waals surface area contributed by atoms with E-state index in [1.807, 2.05) is 7.05 Å². The van der Waals surface area contributed by atoms with Crippen LogP contribution in [0, 0.1) is 0 Å². The van der Waals surface area contributed by atoms with E-state index < -0.39 is 0 Å². The first-order valence-corrected chi connectivity index (χ1v) is 4.65. The van der Waals surface area contributed by atoms with Gasteiger partial charge in [0.05, 0.1) is 6.10 Å². The van der Waals surface area contributed by atoms with E-state index in [1.165, 1.54) is 25.7 Å². The van der Waals surface area contributed by atoms with Gasteiger partial charge in [-0.15, -0.1) is 0 Å². The smallest absolute Gasteiger partial charge is 0.0576 e. The van der Waals surface area contributed by atoms with E-state index in [0.29, 0.717) is 6.10 Å². The molecule has 0 aliphatic heterocycles. The SMILES string of the molecule is CCOC1CCC(NC)CC1. The minimum Gasteiger partial charge on any atom is -0.379 e. The lowest BCUT2D eigenvalue weighted by Crippen LogP contribution is -2.32. The Morgan fingerprint density at radius 2 is 1.91 bits per heavy atom. The molecule has 0 aromatic carbocycles. The van der Waals surface area contributed by atoms with E-state index in [1.54, 1.807) is 0 Å². The van der Waals surface area contributed by atoms with Crippen LogP contribution in [0.4, 0.5) is 0 Å². The maximum absolute atomic E-state index is 5.55. The van der Waals surface area contributed by atoms with Crippen LogP contribution in [0.2, 0.25) is 0 Å². The number of hydrogen-bond donors (Lipinski definition) is 1. The summed E-state index contributed by atoms with van der Waals surface area (Å²) in [6.07, 6.45) is 5.57. The molecule has 11 heavy (non-hydrogen) atoms. The van der Waals surface area contributed by atoms with Crippen molar-refractivity contribution in [3.8, 4) is 0 Å². The molecule has 0 heterocycles. The van der Waals surface area contributed by atoms with Gasteiger partial charge in [0.15, 0.2) is 0 Å². The van der Waals surface area contributed by atoms with Gasteiger partial charge in [-0.3, -0.25) is 0 Å². The summed E-state index contributed by atoms with van der Waals surface area (Å²) in [5.41, 5.74) is 0. The highest BCUT2D eigenvalue weighted by atomic mass is 16.5. The third-order valence-corrected chi connectivity index (χ3v) is 2.48. The van der Waals surface area contributed by atoms with Crippen molar-refractivity contribution in [2.45, 2.75) is 44.8 Å². The largest absolute Gasteiger partial charge is 0.379 e. The van der Waals surface area contributed by atoms with Gasteiger partial charge in [0.1, 0.15) is 0 Å². The van der Waals surface area contributed by atoms with Crippen LogP contribution >= 0.6 is 0 Å². The molecule has 1 fully saturated rings. The van der Waals surface area contributed by atoms with Crippen LogP contribution in [-0.2, 0) is 4.74 Å². The second-order valence-electron chi connectivity index (χ2n) is 3.22. The van der Waals surface area contributed by atoms with Crippen LogP contribution in [0.25, 0.3) is 0 Å². The Bertz CT molecular complexity index is 97.7. The minimum atomic E-state index is 0.546. The molecular weight excluding hydrogens is 138 g/mol. The van der Waals surface area contributed by atoms with E-state index in [2.05, 4.69) is 12.2 Å². The molecule has 1 N–H and O–H groups in total. The standard InChI is InChI=1S/C9H19NO/c1-3-11-9-6-4-8(10-2)5-7-9/h8-10H,3-7H2,1-2H3. The Kier molecular flexibility index (Phi) is 3.87. The lowest BCUT2D eigenvalue weighted by molar-refractivity contribution is 0.0310.